The van der Waals surface area contributed by atoms with Crippen molar-refractivity contribution in [1.82, 2.24) is 15.0 Å². The average Bonchev–Trinajstić information content (AvgIpc) is 2.97. The Morgan fingerprint density at radius 1 is 0.952 bits per heavy atom. The van der Waals surface area contributed by atoms with Crippen molar-refractivity contribution in [3.05, 3.63) is 77.1 Å². The first-order chi connectivity index (χ1) is 10.2. The lowest BCUT2D eigenvalue weighted by molar-refractivity contribution is 0.715. The van der Waals surface area contributed by atoms with E-state index in [9.17, 15) is 0 Å². The van der Waals surface area contributed by atoms with Gasteiger partial charge in [0.05, 0.1) is 23.6 Å². The molecule has 0 saturated heterocycles. The zero-order valence-corrected chi connectivity index (χ0v) is 12.2. The number of hydrogen-bond donors (Lipinski definition) is 1. The molecule has 21 heavy (non-hydrogen) atoms. The summed E-state index contributed by atoms with van der Waals surface area (Å²) in [5.74, 6) is 0. The van der Waals surface area contributed by atoms with Gasteiger partial charge in [0.25, 0.3) is 0 Å². The van der Waals surface area contributed by atoms with Crippen molar-refractivity contribution < 1.29 is 0 Å². The molecule has 0 spiro atoms. The molecule has 4 heteroatoms. The topological polar surface area (TPSA) is 56.7 Å². The van der Waals surface area contributed by atoms with Gasteiger partial charge in [0.2, 0.25) is 0 Å². The Labute approximate surface area is 124 Å². The highest BCUT2D eigenvalue weighted by Gasteiger charge is 2.19. The first-order valence-electron chi connectivity index (χ1n) is 6.96. The third-order valence-electron chi connectivity index (χ3n) is 3.75. The Morgan fingerprint density at radius 2 is 1.62 bits per heavy atom. The molecule has 1 unspecified atom stereocenters. The van der Waals surface area contributed by atoms with Gasteiger partial charge in [0.15, 0.2) is 0 Å². The molecule has 4 nitrogen and oxygen atoms in total. The number of nitrogens with zero attached hydrogens (tertiary/aromatic N) is 3. The van der Waals surface area contributed by atoms with Crippen LogP contribution in [0.15, 0.2) is 54.7 Å². The van der Waals surface area contributed by atoms with Crippen LogP contribution < -0.4 is 5.73 Å². The van der Waals surface area contributed by atoms with Gasteiger partial charge in [-0.15, -0.1) is 5.10 Å². The van der Waals surface area contributed by atoms with Crippen LogP contribution >= 0.6 is 0 Å². The van der Waals surface area contributed by atoms with Crippen LogP contribution in [0, 0.1) is 13.8 Å². The van der Waals surface area contributed by atoms with Gasteiger partial charge in [0, 0.05) is 0 Å². The molecule has 3 rings (SSSR count). The van der Waals surface area contributed by atoms with Crippen molar-refractivity contribution >= 4 is 0 Å². The van der Waals surface area contributed by atoms with Crippen LogP contribution in [-0.2, 0) is 0 Å². The van der Waals surface area contributed by atoms with E-state index in [-0.39, 0.29) is 6.04 Å². The molecule has 1 aromatic heterocycles. The fourth-order valence-electron chi connectivity index (χ4n) is 2.69. The third kappa shape index (κ3) is 2.45. The lowest BCUT2D eigenvalue weighted by atomic mass is 9.95. The van der Waals surface area contributed by atoms with Gasteiger partial charge in [-0.3, -0.25) is 0 Å². The van der Waals surface area contributed by atoms with E-state index in [0.717, 1.165) is 16.9 Å². The van der Waals surface area contributed by atoms with Gasteiger partial charge in [-0.25, -0.2) is 4.68 Å². The molecule has 0 aliphatic rings. The van der Waals surface area contributed by atoms with Crippen molar-refractivity contribution in [2.75, 3.05) is 0 Å². The van der Waals surface area contributed by atoms with Gasteiger partial charge in [-0.2, -0.15) is 0 Å². The molecule has 0 saturated carbocycles. The minimum absolute atomic E-state index is 0.249. The monoisotopic (exact) mass is 278 g/mol. The number of hydrogen-bond acceptors (Lipinski definition) is 3. The number of nitrogens with two attached hydrogens (primary N) is 1. The summed E-state index contributed by atoms with van der Waals surface area (Å²) in [6.07, 6.45) is 1.74. The number of benzene rings is 2. The molecule has 0 aliphatic carbocycles. The third-order valence-corrected chi connectivity index (χ3v) is 3.75. The molecule has 3 aromatic rings. The molecule has 0 fully saturated rings. The minimum Gasteiger partial charge on any atom is -0.319 e. The van der Waals surface area contributed by atoms with E-state index >= 15 is 0 Å². The summed E-state index contributed by atoms with van der Waals surface area (Å²) in [5, 5.41) is 8.22. The second-order valence-electron chi connectivity index (χ2n) is 5.19. The highest BCUT2D eigenvalue weighted by Crippen LogP contribution is 2.26. The summed E-state index contributed by atoms with van der Waals surface area (Å²) in [5.41, 5.74) is 11.9. The molecular formula is C17H18N4. The predicted octanol–water partition coefficient (Wildman–Crippen LogP) is 2.93. The molecule has 106 valence electrons. The standard InChI is InChI=1S/C17H18N4/c1-12-7-6-8-13(2)16(12)17(18)15-11-19-20-21(15)14-9-4-3-5-10-14/h3-11,17H,18H2,1-2H3. The van der Waals surface area contributed by atoms with Crippen molar-refractivity contribution in [2.45, 2.75) is 19.9 Å². The van der Waals surface area contributed by atoms with Crippen molar-refractivity contribution in [3.63, 3.8) is 0 Å². The van der Waals surface area contributed by atoms with E-state index < -0.39 is 0 Å². The van der Waals surface area contributed by atoms with Crippen LogP contribution in [0.2, 0.25) is 0 Å². The van der Waals surface area contributed by atoms with Crippen LogP contribution in [0.3, 0.4) is 0 Å². The lowest BCUT2D eigenvalue weighted by Crippen LogP contribution is -2.18. The Kier molecular flexibility index (Phi) is 3.54. The van der Waals surface area contributed by atoms with Gasteiger partial charge in [-0.05, 0) is 42.7 Å². The number of para-hydroxylation sites is 1. The van der Waals surface area contributed by atoms with E-state index in [4.69, 9.17) is 5.73 Å². The van der Waals surface area contributed by atoms with E-state index in [2.05, 4.69) is 36.3 Å². The van der Waals surface area contributed by atoms with Crippen LogP contribution in [0.25, 0.3) is 5.69 Å². The molecule has 1 heterocycles. The Bertz CT molecular complexity index is 726. The average molecular weight is 278 g/mol. The van der Waals surface area contributed by atoms with Gasteiger partial charge in [-0.1, -0.05) is 41.6 Å². The predicted molar refractivity (Wildman–Crippen MR) is 83.3 cm³/mol. The van der Waals surface area contributed by atoms with E-state index in [1.165, 1.54) is 11.1 Å². The maximum Gasteiger partial charge on any atom is 0.0858 e. The minimum atomic E-state index is -0.249. The molecule has 2 N–H and O–H groups in total. The van der Waals surface area contributed by atoms with E-state index in [0.29, 0.717) is 0 Å². The zero-order valence-electron chi connectivity index (χ0n) is 12.2. The van der Waals surface area contributed by atoms with Crippen LogP contribution in [0.4, 0.5) is 0 Å². The molecular weight excluding hydrogens is 260 g/mol. The maximum absolute atomic E-state index is 6.50. The fraction of sp³-hybridized carbons (Fsp3) is 0.176. The number of aryl methyl sites for hydroxylation is 2. The second kappa shape index (κ2) is 5.50. The largest absolute Gasteiger partial charge is 0.319 e. The lowest BCUT2D eigenvalue weighted by Gasteiger charge is -2.18. The van der Waals surface area contributed by atoms with Gasteiger partial charge >= 0.3 is 0 Å². The Hall–Kier alpha value is -2.46. The number of rotatable bonds is 3. The summed E-state index contributed by atoms with van der Waals surface area (Å²) >= 11 is 0. The first-order valence-corrected chi connectivity index (χ1v) is 6.96. The molecule has 1 atom stereocenters. The molecule has 0 bridgehead atoms. The van der Waals surface area contributed by atoms with Crippen molar-refractivity contribution in [2.24, 2.45) is 5.73 Å². The van der Waals surface area contributed by atoms with Crippen molar-refractivity contribution in [1.29, 1.82) is 0 Å². The summed E-state index contributed by atoms with van der Waals surface area (Å²) in [4.78, 5) is 0. The smallest absolute Gasteiger partial charge is 0.0858 e. The van der Waals surface area contributed by atoms with E-state index in [1.807, 2.05) is 36.4 Å². The SMILES string of the molecule is Cc1cccc(C)c1C(N)c1cnnn1-c1ccccc1. The Morgan fingerprint density at radius 3 is 2.29 bits per heavy atom. The summed E-state index contributed by atoms with van der Waals surface area (Å²) < 4.78 is 1.80. The van der Waals surface area contributed by atoms with E-state index in [1.54, 1.807) is 10.9 Å². The quantitative estimate of drug-likeness (QED) is 0.801. The highest BCUT2D eigenvalue weighted by atomic mass is 15.4. The summed E-state index contributed by atoms with van der Waals surface area (Å²) in [6.45, 7) is 4.16. The van der Waals surface area contributed by atoms with Gasteiger partial charge < -0.3 is 5.73 Å². The zero-order chi connectivity index (χ0) is 14.8. The number of aromatic nitrogens is 3. The summed E-state index contributed by atoms with van der Waals surface area (Å²) in [7, 11) is 0. The first kappa shape index (κ1) is 13.5. The molecule has 0 amide bonds. The molecule has 0 radical (unpaired) electrons. The normalized spacial score (nSPS) is 12.3. The summed E-state index contributed by atoms with van der Waals surface area (Å²) in [6, 6.07) is 15.9. The fourth-order valence-corrected chi connectivity index (χ4v) is 2.69. The maximum atomic E-state index is 6.50. The molecule has 0 aliphatic heterocycles. The Balaban J connectivity index is 2.08. The van der Waals surface area contributed by atoms with Crippen LogP contribution in [0.1, 0.15) is 28.4 Å². The van der Waals surface area contributed by atoms with Gasteiger partial charge in [0.1, 0.15) is 0 Å². The van der Waals surface area contributed by atoms with Crippen molar-refractivity contribution in [3.8, 4) is 5.69 Å². The molecule has 2 aromatic carbocycles. The second-order valence-corrected chi connectivity index (χ2v) is 5.19. The van der Waals surface area contributed by atoms with Crippen LogP contribution in [0.5, 0.6) is 0 Å². The van der Waals surface area contributed by atoms with Crippen LogP contribution in [-0.4, -0.2) is 15.0 Å². The highest BCUT2D eigenvalue weighted by molar-refractivity contribution is 5.41.